The van der Waals surface area contributed by atoms with Crippen molar-refractivity contribution in [2.45, 2.75) is 57.6 Å². The number of ether oxygens (including phenoxy) is 1. The van der Waals surface area contributed by atoms with Crippen LogP contribution in [0.1, 0.15) is 60.6 Å². The summed E-state index contributed by atoms with van der Waals surface area (Å²) in [6, 6.07) is 4.62. The van der Waals surface area contributed by atoms with Gasteiger partial charge in [-0.25, -0.2) is 4.98 Å². The SMILES string of the molecule is CCN1CCc2nc(OC3CCN(C4CCC4)CC3)c(C#N)cc2C1=O. The van der Waals surface area contributed by atoms with Gasteiger partial charge in [-0.15, -0.1) is 0 Å². The number of rotatable bonds is 4. The minimum absolute atomic E-state index is 0.0295. The molecule has 0 unspecified atom stereocenters. The van der Waals surface area contributed by atoms with Crippen LogP contribution >= 0.6 is 0 Å². The van der Waals surface area contributed by atoms with Crippen molar-refractivity contribution in [1.82, 2.24) is 14.8 Å². The summed E-state index contributed by atoms with van der Waals surface area (Å²) in [5, 5.41) is 9.51. The Morgan fingerprint density at radius 3 is 2.65 bits per heavy atom. The highest BCUT2D eigenvalue weighted by atomic mass is 16.5. The van der Waals surface area contributed by atoms with E-state index in [9.17, 15) is 10.1 Å². The first-order valence-electron chi connectivity index (χ1n) is 9.83. The van der Waals surface area contributed by atoms with Crippen LogP contribution in [-0.4, -0.2) is 59.0 Å². The van der Waals surface area contributed by atoms with E-state index >= 15 is 0 Å². The minimum Gasteiger partial charge on any atom is -0.473 e. The van der Waals surface area contributed by atoms with Crippen LogP contribution < -0.4 is 4.74 Å². The molecule has 1 aliphatic carbocycles. The molecule has 26 heavy (non-hydrogen) atoms. The van der Waals surface area contributed by atoms with Crippen LogP contribution in [0.2, 0.25) is 0 Å². The lowest BCUT2D eigenvalue weighted by atomic mass is 9.90. The fourth-order valence-corrected chi connectivity index (χ4v) is 4.16. The lowest BCUT2D eigenvalue weighted by molar-refractivity contribution is 0.0472. The largest absolute Gasteiger partial charge is 0.473 e. The van der Waals surface area contributed by atoms with Crippen LogP contribution in [0, 0.1) is 11.3 Å². The summed E-state index contributed by atoms with van der Waals surface area (Å²) in [6.07, 6.45) is 6.80. The van der Waals surface area contributed by atoms with Crippen LogP contribution in [0.25, 0.3) is 0 Å². The quantitative estimate of drug-likeness (QED) is 0.830. The van der Waals surface area contributed by atoms with Gasteiger partial charge in [-0.05, 0) is 38.7 Å². The normalized spacial score (nSPS) is 21.8. The molecule has 3 heterocycles. The van der Waals surface area contributed by atoms with Gasteiger partial charge in [0.25, 0.3) is 5.91 Å². The van der Waals surface area contributed by atoms with Crippen LogP contribution in [0.4, 0.5) is 0 Å². The molecule has 4 rings (SSSR count). The van der Waals surface area contributed by atoms with E-state index in [-0.39, 0.29) is 12.0 Å². The highest BCUT2D eigenvalue weighted by Gasteiger charge is 2.31. The van der Waals surface area contributed by atoms with Crippen LogP contribution in [0.3, 0.4) is 0 Å². The maximum absolute atomic E-state index is 12.5. The van der Waals surface area contributed by atoms with Crippen molar-refractivity contribution in [3.63, 3.8) is 0 Å². The van der Waals surface area contributed by atoms with E-state index in [2.05, 4.69) is 16.0 Å². The molecule has 1 saturated carbocycles. The monoisotopic (exact) mass is 354 g/mol. The number of hydrogen-bond acceptors (Lipinski definition) is 5. The van der Waals surface area contributed by atoms with Crippen molar-refractivity contribution in [2.24, 2.45) is 0 Å². The van der Waals surface area contributed by atoms with Gasteiger partial charge < -0.3 is 14.5 Å². The Balaban J connectivity index is 1.47. The third-order valence-electron chi connectivity index (χ3n) is 6.05. The van der Waals surface area contributed by atoms with Gasteiger partial charge in [0.2, 0.25) is 5.88 Å². The molecule has 1 amide bonds. The number of likely N-dealkylation sites (tertiary alicyclic amines) is 1. The zero-order valence-corrected chi connectivity index (χ0v) is 15.4. The molecule has 1 saturated heterocycles. The Hall–Kier alpha value is -2.13. The predicted octanol–water partition coefficient (Wildman–Crippen LogP) is 2.37. The van der Waals surface area contributed by atoms with Crippen molar-refractivity contribution in [2.75, 3.05) is 26.2 Å². The van der Waals surface area contributed by atoms with Crippen LogP contribution in [-0.2, 0) is 6.42 Å². The smallest absolute Gasteiger partial charge is 0.255 e. The molecule has 0 spiro atoms. The number of nitrogens with zero attached hydrogens (tertiary/aromatic N) is 4. The second kappa shape index (κ2) is 7.24. The highest BCUT2D eigenvalue weighted by molar-refractivity contribution is 5.96. The summed E-state index contributed by atoms with van der Waals surface area (Å²) < 4.78 is 6.13. The molecule has 0 radical (unpaired) electrons. The first-order chi connectivity index (χ1) is 12.7. The van der Waals surface area contributed by atoms with Gasteiger partial charge in [-0.1, -0.05) is 6.42 Å². The minimum atomic E-state index is -0.0295. The van der Waals surface area contributed by atoms with Gasteiger partial charge in [0.15, 0.2) is 0 Å². The number of carbonyl (C=O) groups is 1. The molecule has 0 bridgehead atoms. The number of likely N-dealkylation sites (N-methyl/N-ethyl adjacent to an activating group) is 1. The van der Waals surface area contributed by atoms with Crippen molar-refractivity contribution in [3.8, 4) is 11.9 Å². The number of fused-ring (bicyclic) bond motifs is 1. The van der Waals surface area contributed by atoms with E-state index < -0.39 is 0 Å². The van der Waals surface area contributed by atoms with Gasteiger partial charge in [0, 0.05) is 38.6 Å². The Morgan fingerprint density at radius 1 is 1.27 bits per heavy atom. The fourth-order valence-electron chi connectivity index (χ4n) is 4.16. The molecule has 2 aliphatic heterocycles. The molecule has 1 aromatic heterocycles. The maximum atomic E-state index is 12.5. The molecule has 2 fully saturated rings. The molecular weight excluding hydrogens is 328 g/mol. The molecule has 138 valence electrons. The lowest BCUT2D eigenvalue weighted by Crippen LogP contribution is -2.47. The molecule has 0 N–H and O–H groups in total. The number of pyridine rings is 1. The number of nitriles is 1. The number of hydrogen-bond donors (Lipinski definition) is 0. The number of carbonyl (C=O) groups excluding carboxylic acids is 1. The maximum Gasteiger partial charge on any atom is 0.255 e. The van der Waals surface area contributed by atoms with Crippen molar-refractivity contribution in [3.05, 3.63) is 22.9 Å². The molecule has 0 aromatic carbocycles. The first-order valence-corrected chi connectivity index (χ1v) is 9.83. The summed E-state index contributed by atoms with van der Waals surface area (Å²) in [5.74, 6) is 0.379. The van der Waals surface area contributed by atoms with Gasteiger partial charge in [0.05, 0.1) is 11.3 Å². The second-order valence-corrected chi connectivity index (χ2v) is 7.52. The van der Waals surface area contributed by atoms with Crippen molar-refractivity contribution >= 4 is 5.91 Å². The van der Waals surface area contributed by atoms with E-state index in [1.54, 1.807) is 11.0 Å². The Kier molecular flexibility index (Phi) is 4.82. The van der Waals surface area contributed by atoms with Gasteiger partial charge in [-0.3, -0.25) is 4.79 Å². The van der Waals surface area contributed by atoms with E-state index in [0.29, 0.717) is 30.1 Å². The third kappa shape index (κ3) is 3.16. The van der Waals surface area contributed by atoms with E-state index in [0.717, 1.165) is 44.1 Å². The molecule has 6 heteroatoms. The van der Waals surface area contributed by atoms with E-state index in [4.69, 9.17) is 4.74 Å². The molecular formula is C20H26N4O2. The Bertz CT molecular complexity index is 730. The first kappa shape index (κ1) is 17.3. The molecule has 3 aliphatic rings. The van der Waals surface area contributed by atoms with E-state index in [1.165, 1.54) is 19.3 Å². The summed E-state index contributed by atoms with van der Waals surface area (Å²) in [4.78, 5) is 21.4. The van der Waals surface area contributed by atoms with Gasteiger partial charge in [-0.2, -0.15) is 5.26 Å². The number of aromatic nitrogens is 1. The van der Waals surface area contributed by atoms with Crippen molar-refractivity contribution < 1.29 is 9.53 Å². The van der Waals surface area contributed by atoms with Crippen LogP contribution in [0.5, 0.6) is 5.88 Å². The zero-order chi connectivity index (χ0) is 18.1. The second-order valence-electron chi connectivity index (χ2n) is 7.52. The Labute approximate surface area is 154 Å². The summed E-state index contributed by atoms with van der Waals surface area (Å²) in [7, 11) is 0. The zero-order valence-electron chi connectivity index (χ0n) is 15.4. The van der Waals surface area contributed by atoms with Crippen molar-refractivity contribution in [1.29, 1.82) is 5.26 Å². The Morgan fingerprint density at radius 2 is 2.04 bits per heavy atom. The lowest BCUT2D eigenvalue weighted by Gasteiger charge is -2.41. The molecule has 1 aromatic rings. The summed E-state index contributed by atoms with van der Waals surface area (Å²) >= 11 is 0. The average molecular weight is 354 g/mol. The standard InChI is InChI=1S/C20H26N4O2/c1-2-23-11-8-18-17(20(23)25)12-14(13-21)19(22-18)26-16-6-9-24(10-7-16)15-4-3-5-15/h12,15-16H,2-11H2,1H3. The highest BCUT2D eigenvalue weighted by Crippen LogP contribution is 2.30. The van der Waals surface area contributed by atoms with Gasteiger partial charge in [0.1, 0.15) is 17.7 Å². The number of amides is 1. The molecule has 0 atom stereocenters. The number of piperidine rings is 1. The van der Waals surface area contributed by atoms with E-state index in [1.807, 2.05) is 6.92 Å². The summed E-state index contributed by atoms with van der Waals surface area (Å²) in [6.45, 7) is 5.45. The van der Waals surface area contributed by atoms with Crippen LogP contribution in [0.15, 0.2) is 6.07 Å². The molecule has 6 nitrogen and oxygen atoms in total. The average Bonchev–Trinajstić information content (AvgIpc) is 2.62. The van der Waals surface area contributed by atoms with Gasteiger partial charge >= 0.3 is 0 Å². The topological polar surface area (TPSA) is 69.5 Å². The third-order valence-corrected chi connectivity index (χ3v) is 6.05. The fraction of sp³-hybridized carbons (Fsp3) is 0.650. The predicted molar refractivity (Wildman–Crippen MR) is 97.1 cm³/mol. The summed E-state index contributed by atoms with van der Waals surface area (Å²) in [5.41, 5.74) is 1.69.